The van der Waals surface area contributed by atoms with Gasteiger partial charge in [0.15, 0.2) is 0 Å². The van der Waals surface area contributed by atoms with Crippen LogP contribution in [0.5, 0.6) is 5.88 Å². The van der Waals surface area contributed by atoms with E-state index < -0.39 is 0 Å². The number of aliphatic hydroxyl groups excluding tert-OH is 1. The van der Waals surface area contributed by atoms with Crippen molar-refractivity contribution in [3.63, 3.8) is 0 Å². The Balaban J connectivity index is 2.92. The topological polar surface area (TPSA) is 42.4 Å². The molecule has 0 aliphatic rings. The Morgan fingerprint density at radius 1 is 1.36 bits per heavy atom. The van der Waals surface area contributed by atoms with Crippen LogP contribution in [-0.2, 0) is 6.61 Å². The zero-order valence-corrected chi connectivity index (χ0v) is 9.16. The van der Waals surface area contributed by atoms with E-state index in [1.165, 1.54) is 0 Å². The summed E-state index contributed by atoms with van der Waals surface area (Å²) in [5, 5.41) is 9.00. The van der Waals surface area contributed by atoms with E-state index >= 15 is 0 Å². The number of hydrogen-bond acceptors (Lipinski definition) is 3. The van der Waals surface area contributed by atoms with Crippen LogP contribution in [0.1, 0.15) is 32.0 Å². The van der Waals surface area contributed by atoms with Crippen molar-refractivity contribution in [2.24, 2.45) is 0 Å². The summed E-state index contributed by atoms with van der Waals surface area (Å²) in [5.41, 5.74) is 1.43. The van der Waals surface area contributed by atoms with E-state index in [-0.39, 0.29) is 12.2 Å². The van der Waals surface area contributed by atoms with Gasteiger partial charge in [-0.2, -0.15) is 0 Å². The predicted molar refractivity (Wildman–Crippen MR) is 55.3 cm³/mol. The van der Waals surface area contributed by atoms with Gasteiger partial charge in [0.05, 0.1) is 6.61 Å². The van der Waals surface area contributed by atoms with Crippen LogP contribution in [0.2, 0.25) is 0 Å². The lowest BCUT2D eigenvalue weighted by atomic mass is 10.2. The third-order valence-corrected chi connectivity index (χ3v) is 1.58. The molecule has 0 aliphatic heterocycles. The molecule has 0 saturated carbocycles. The van der Waals surface area contributed by atoms with Crippen LogP contribution in [-0.4, -0.2) is 15.7 Å². The van der Waals surface area contributed by atoms with Gasteiger partial charge < -0.3 is 9.84 Å². The van der Waals surface area contributed by atoms with Crippen LogP contribution in [0.4, 0.5) is 0 Å². The molecule has 0 atom stereocenters. The van der Waals surface area contributed by atoms with Crippen LogP contribution in [0.3, 0.4) is 0 Å². The smallest absolute Gasteiger partial charge is 0.214 e. The van der Waals surface area contributed by atoms with Crippen LogP contribution < -0.4 is 4.74 Å². The molecule has 3 heteroatoms. The van der Waals surface area contributed by atoms with E-state index in [0.29, 0.717) is 5.88 Å². The Morgan fingerprint density at radius 3 is 2.50 bits per heavy atom. The number of ether oxygens (including phenoxy) is 1. The molecule has 14 heavy (non-hydrogen) atoms. The molecule has 0 aliphatic carbocycles. The maximum atomic E-state index is 9.00. The molecule has 0 bridgehead atoms. The Kier molecular flexibility index (Phi) is 3.11. The minimum absolute atomic E-state index is 0.0177. The fourth-order valence-electron chi connectivity index (χ4n) is 1.16. The summed E-state index contributed by atoms with van der Waals surface area (Å²) in [6.07, 6.45) is 0. The highest BCUT2D eigenvalue weighted by Crippen LogP contribution is 2.17. The molecule has 1 N–H and O–H groups in total. The van der Waals surface area contributed by atoms with Gasteiger partial charge in [-0.1, -0.05) is 0 Å². The zero-order chi connectivity index (χ0) is 10.8. The second-order valence-electron chi connectivity index (χ2n) is 4.33. The Bertz CT molecular complexity index is 316. The van der Waals surface area contributed by atoms with Gasteiger partial charge >= 0.3 is 0 Å². The molecule has 1 rings (SSSR count). The third kappa shape index (κ3) is 3.34. The lowest BCUT2D eigenvalue weighted by Gasteiger charge is -2.20. The highest BCUT2D eigenvalue weighted by molar-refractivity contribution is 5.24. The molecule has 1 aromatic heterocycles. The van der Waals surface area contributed by atoms with Crippen molar-refractivity contribution in [2.45, 2.75) is 39.9 Å². The quantitative estimate of drug-likeness (QED) is 0.785. The van der Waals surface area contributed by atoms with Crippen molar-refractivity contribution in [1.82, 2.24) is 4.98 Å². The fraction of sp³-hybridized carbons (Fsp3) is 0.545. The van der Waals surface area contributed by atoms with Crippen molar-refractivity contribution in [3.8, 4) is 5.88 Å². The first-order valence-electron chi connectivity index (χ1n) is 4.68. The minimum Gasteiger partial charge on any atom is -0.472 e. The van der Waals surface area contributed by atoms with Gasteiger partial charge in [0, 0.05) is 11.8 Å². The summed E-state index contributed by atoms with van der Waals surface area (Å²) >= 11 is 0. The van der Waals surface area contributed by atoms with Gasteiger partial charge in [-0.25, -0.2) is 4.98 Å². The molecule has 0 radical (unpaired) electrons. The van der Waals surface area contributed by atoms with Gasteiger partial charge in [-0.05, 0) is 39.3 Å². The van der Waals surface area contributed by atoms with E-state index in [4.69, 9.17) is 9.84 Å². The first-order chi connectivity index (χ1) is 6.40. The van der Waals surface area contributed by atoms with Crippen molar-refractivity contribution >= 4 is 0 Å². The molecular weight excluding hydrogens is 178 g/mol. The van der Waals surface area contributed by atoms with Crippen molar-refractivity contribution < 1.29 is 9.84 Å². The molecule has 0 aromatic carbocycles. The summed E-state index contributed by atoms with van der Waals surface area (Å²) in [6, 6.07) is 3.60. The van der Waals surface area contributed by atoms with E-state index in [0.717, 1.165) is 11.3 Å². The van der Waals surface area contributed by atoms with Gasteiger partial charge in [-0.3, -0.25) is 0 Å². The number of aryl methyl sites for hydroxylation is 1. The van der Waals surface area contributed by atoms with Gasteiger partial charge in [0.25, 0.3) is 0 Å². The monoisotopic (exact) mass is 195 g/mol. The first kappa shape index (κ1) is 11.0. The lowest BCUT2D eigenvalue weighted by Crippen LogP contribution is -2.23. The molecule has 0 fully saturated rings. The van der Waals surface area contributed by atoms with Crippen LogP contribution in [0.15, 0.2) is 12.1 Å². The van der Waals surface area contributed by atoms with E-state index in [9.17, 15) is 0 Å². The van der Waals surface area contributed by atoms with E-state index in [2.05, 4.69) is 4.98 Å². The molecule has 0 amide bonds. The number of aliphatic hydroxyl groups is 1. The van der Waals surface area contributed by atoms with Gasteiger partial charge in [0.1, 0.15) is 5.60 Å². The van der Waals surface area contributed by atoms with Crippen molar-refractivity contribution in [3.05, 3.63) is 23.4 Å². The third-order valence-electron chi connectivity index (χ3n) is 1.58. The number of pyridine rings is 1. The van der Waals surface area contributed by atoms with E-state index in [1.807, 2.05) is 33.8 Å². The summed E-state index contributed by atoms with van der Waals surface area (Å²) in [4.78, 5) is 4.23. The molecular formula is C11H17NO2. The molecule has 3 nitrogen and oxygen atoms in total. The second-order valence-corrected chi connectivity index (χ2v) is 4.33. The van der Waals surface area contributed by atoms with Crippen LogP contribution in [0, 0.1) is 6.92 Å². The normalized spacial score (nSPS) is 11.5. The standard InChI is InChI=1S/C11H17NO2/c1-8-5-9(7-13)6-10(12-8)14-11(2,3)4/h5-6,13H,7H2,1-4H3. The Morgan fingerprint density at radius 2 is 2.00 bits per heavy atom. The molecule has 78 valence electrons. The lowest BCUT2D eigenvalue weighted by molar-refractivity contribution is 0.123. The average molecular weight is 195 g/mol. The number of hydrogen-bond donors (Lipinski definition) is 1. The van der Waals surface area contributed by atoms with E-state index in [1.54, 1.807) is 6.07 Å². The maximum Gasteiger partial charge on any atom is 0.214 e. The minimum atomic E-state index is -0.256. The highest BCUT2D eigenvalue weighted by Gasteiger charge is 2.13. The number of aromatic nitrogens is 1. The highest BCUT2D eigenvalue weighted by atomic mass is 16.5. The first-order valence-corrected chi connectivity index (χ1v) is 4.68. The average Bonchev–Trinajstić information content (AvgIpc) is 1.99. The number of nitrogens with zero attached hydrogens (tertiary/aromatic N) is 1. The Hall–Kier alpha value is -1.09. The molecule has 0 saturated heterocycles. The summed E-state index contributed by atoms with van der Waals surface area (Å²) in [6.45, 7) is 7.81. The molecule has 0 unspecified atom stereocenters. The number of rotatable bonds is 2. The fourth-order valence-corrected chi connectivity index (χ4v) is 1.16. The van der Waals surface area contributed by atoms with Gasteiger partial charge in [-0.15, -0.1) is 0 Å². The van der Waals surface area contributed by atoms with Gasteiger partial charge in [0.2, 0.25) is 5.88 Å². The Labute approximate surface area is 84.7 Å². The summed E-state index contributed by atoms with van der Waals surface area (Å²) in [5.74, 6) is 0.571. The molecule has 0 spiro atoms. The second kappa shape index (κ2) is 3.96. The summed E-state index contributed by atoms with van der Waals surface area (Å²) < 4.78 is 5.60. The van der Waals surface area contributed by atoms with Crippen LogP contribution in [0.25, 0.3) is 0 Å². The molecule has 1 aromatic rings. The predicted octanol–water partition coefficient (Wildman–Crippen LogP) is 2.06. The van der Waals surface area contributed by atoms with Crippen molar-refractivity contribution in [1.29, 1.82) is 0 Å². The molecule has 1 heterocycles. The largest absolute Gasteiger partial charge is 0.472 e. The van der Waals surface area contributed by atoms with Crippen LogP contribution >= 0.6 is 0 Å². The SMILES string of the molecule is Cc1cc(CO)cc(OC(C)(C)C)n1. The zero-order valence-electron chi connectivity index (χ0n) is 9.16. The van der Waals surface area contributed by atoms with Crippen molar-refractivity contribution in [2.75, 3.05) is 0 Å². The summed E-state index contributed by atoms with van der Waals surface area (Å²) in [7, 11) is 0. The maximum absolute atomic E-state index is 9.00.